The molecule has 0 aromatic rings. The van der Waals surface area contributed by atoms with E-state index in [1.807, 2.05) is 13.8 Å². The average molecular weight is 361 g/mol. The molecule has 7 atom stereocenters. The largest absolute Gasteiger partial charge is 0.511 e. The van der Waals surface area contributed by atoms with Crippen molar-refractivity contribution in [3.8, 4) is 0 Å². The summed E-state index contributed by atoms with van der Waals surface area (Å²) in [5.41, 5.74) is -0.769. The van der Waals surface area contributed by atoms with Gasteiger partial charge in [0.25, 0.3) is 5.91 Å². The fourth-order valence-corrected chi connectivity index (χ4v) is 5.38. The van der Waals surface area contributed by atoms with Crippen molar-refractivity contribution in [1.29, 1.82) is 0 Å². The van der Waals surface area contributed by atoms with Crippen LogP contribution in [-0.2, 0) is 9.59 Å². The van der Waals surface area contributed by atoms with Gasteiger partial charge in [0, 0.05) is 12.5 Å². The molecule has 2 aliphatic carbocycles. The molecule has 0 spiro atoms. The van der Waals surface area contributed by atoms with E-state index in [0.29, 0.717) is 11.8 Å². The minimum absolute atomic E-state index is 0.0289. The van der Waals surface area contributed by atoms with E-state index in [1.54, 1.807) is 0 Å². The first-order valence-corrected chi connectivity index (χ1v) is 9.72. The molecule has 5 nitrogen and oxygen atoms in total. The lowest BCUT2D eigenvalue weighted by molar-refractivity contribution is -0.128. The molecule has 0 aromatic heterocycles. The smallest absolute Gasteiger partial charge is 0.261 e. The maximum absolute atomic E-state index is 12.9. The molecule has 3 aliphatic rings. The van der Waals surface area contributed by atoms with Crippen LogP contribution in [0.2, 0.25) is 0 Å². The van der Waals surface area contributed by atoms with Crippen LogP contribution < -0.4 is 0 Å². The summed E-state index contributed by atoms with van der Waals surface area (Å²) in [7, 11) is 1.51. The molecule has 144 valence electrons. The molecule has 1 heterocycles. The molecule has 0 aromatic carbocycles. The lowest BCUT2D eigenvalue weighted by atomic mass is 9.54. The van der Waals surface area contributed by atoms with Crippen LogP contribution in [0.3, 0.4) is 0 Å². The summed E-state index contributed by atoms with van der Waals surface area (Å²) in [6.45, 7) is 7.79. The van der Waals surface area contributed by atoms with Gasteiger partial charge in [-0.25, -0.2) is 0 Å². The Bertz CT molecular complexity index is 679. The SMILES string of the molecule is CC1CCC2C(C=CC(C)C2(C)/C(O)=C2/C(=O)C(C(C)O)N(C)C2=O)C1. The Morgan fingerprint density at radius 2 is 1.92 bits per heavy atom. The van der Waals surface area contributed by atoms with Gasteiger partial charge in [-0.05, 0) is 43.4 Å². The maximum atomic E-state index is 12.9. The van der Waals surface area contributed by atoms with Gasteiger partial charge in [-0.15, -0.1) is 0 Å². The molecule has 2 N–H and O–H groups in total. The maximum Gasteiger partial charge on any atom is 0.261 e. The predicted molar refractivity (Wildman–Crippen MR) is 99.3 cm³/mol. The van der Waals surface area contributed by atoms with Crippen molar-refractivity contribution in [3.05, 3.63) is 23.5 Å². The number of likely N-dealkylation sites (N-methyl/N-ethyl adjacent to an activating group) is 1. The van der Waals surface area contributed by atoms with Gasteiger partial charge in [-0.1, -0.05) is 39.3 Å². The third kappa shape index (κ3) is 2.63. The van der Waals surface area contributed by atoms with Gasteiger partial charge >= 0.3 is 0 Å². The Morgan fingerprint density at radius 3 is 2.50 bits per heavy atom. The van der Waals surface area contributed by atoms with Crippen LogP contribution in [0.25, 0.3) is 0 Å². The second-order valence-corrected chi connectivity index (χ2v) is 8.83. The molecule has 1 saturated carbocycles. The van der Waals surface area contributed by atoms with E-state index in [-0.39, 0.29) is 23.2 Å². The van der Waals surface area contributed by atoms with Crippen molar-refractivity contribution in [2.75, 3.05) is 7.05 Å². The summed E-state index contributed by atoms with van der Waals surface area (Å²) in [6.07, 6.45) is 6.56. The summed E-state index contributed by atoms with van der Waals surface area (Å²) in [5.74, 6) is 0.219. The van der Waals surface area contributed by atoms with Gasteiger partial charge in [0.1, 0.15) is 17.4 Å². The average Bonchev–Trinajstić information content (AvgIpc) is 2.79. The van der Waals surface area contributed by atoms with Crippen LogP contribution >= 0.6 is 0 Å². The molecule has 1 saturated heterocycles. The summed E-state index contributed by atoms with van der Waals surface area (Å²) < 4.78 is 0. The van der Waals surface area contributed by atoms with Crippen LogP contribution in [0.1, 0.15) is 47.0 Å². The van der Waals surface area contributed by atoms with Crippen molar-refractivity contribution >= 4 is 11.7 Å². The third-order valence-electron chi connectivity index (χ3n) is 7.20. The van der Waals surface area contributed by atoms with Crippen LogP contribution in [0, 0.1) is 29.1 Å². The first kappa shape index (κ1) is 19.2. The Labute approximate surface area is 155 Å². The second-order valence-electron chi connectivity index (χ2n) is 8.83. The first-order valence-electron chi connectivity index (χ1n) is 9.72. The molecule has 5 heteroatoms. The number of carbonyl (C=O) groups excluding carboxylic acids is 2. The Kier molecular flexibility index (Phi) is 4.80. The van der Waals surface area contributed by atoms with E-state index in [1.165, 1.54) is 18.9 Å². The number of fused-ring (bicyclic) bond motifs is 1. The highest BCUT2D eigenvalue weighted by Gasteiger charge is 2.54. The van der Waals surface area contributed by atoms with E-state index >= 15 is 0 Å². The predicted octanol–water partition coefficient (Wildman–Crippen LogP) is 2.85. The minimum Gasteiger partial charge on any atom is -0.511 e. The first-order chi connectivity index (χ1) is 12.1. The summed E-state index contributed by atoms with van der Waals surface area (Å²) >= 11 is 0. The molecular weight excluding hydrogens is 330 g/mol. The molecule has 1 aliphatic heterocycles. The number of hydrogen-bond donors (Lipinski definition) is 2. The highest BCUT2D eigenvalue weighted by atomic mass is 16.3. The Morgan fingerprint density at radius 1 is 1.27 bits per heavy atom. The number of aliphatic hydroxyl groups is 2. The quantitative estimate of drug-likeness (QED) is 0.343. The molecule has 1 amide bonds. The summed E-state index contributed by atoms with van der Waals surface area (Å²) in [4.78, 5) is 26.8. The van der Waals surface area contributed by atoms with E-state index < -0.39 is 29.3 Å². The molecular formula is C21H31NO4. The van der Waals surface area contributed by atoms with Crippen LogP contribution in [0.4, 0.5) is 0 Å². The van der Waals surface area contributed by atoms with Gasteiger partial charge in [0.05, 0.1) is 6.10 Å². The van der Waals surface area contributed by atoms with Gasteiger partial charge in [-0.2, -0.15) is 0 Å². The molecule has 2 fully saturated rings. The third-order valence-corrected chi connectivity index (χ3v) is 7.20. The molecule has 0 bridgehead atoms. The number of likely N-dealkylation sites (tertiary alicyclic amines) is 1. The van der Waals surface area contributed by atoms with Crippen molar-refractivity contribution in [1.82, 2.24) is 4.90 Å². The van der Waals surface area contributed by atoms with E-state index in [4.69, 9.17) is 0 Å². The van der Waals surface area contributed by atoms with Crippen LogP contribution in [0.5, 0.6) is 0 Å². The highest BCUT2D eigenvalue weighted by molar-refractivity contribution is 6.27. The summed E-state index contributed by atoms with van der Waals surface area (Å²) in [6, 6.07) is -0.917. The number of rotatable bonds is 2. The van der Waals surface area contributed by atoms with Crippen molar-refractivity contribution in [3.63, 3.8) is 0 Å². The normalized spacial score (nSPS) is 43.5. The van der Waals surface area contributed by atoms with E-state index in [2.05, 4.69) is 19.1 Å². The van der Waals surface area contributed by atoms with Crippen LogP contribution in [-0.4, -0.2) is 46.0 Å². The fraction of sp³-hybridized carbons (Fsp3) is 0.714. The van der Waals surface area contributed by atoms with Gasteiger partial charge in [0.2, 0.25) is 0 Å². The van der Waals surface area contributed by atoms with Gasteiger partial charge in [-0.3, -0.25) is 9.59 Å². The van der Waals surface area contributed by atoms with Crippen molar-refractivity contribution in [2.24, 2.45) is 29.1 Å². The van der Waals surface area contributed by atoms with E-state index in [0.717, 1.165) is 19.3 Å². The zero-order chi connectivity index (χ0) is 19.4. The zero-order valence-corrected chi connectivity index (χ0v) is 16.4. The van der Waals surface area contributed by atoms with Gasteiger partial charge < -0.3 is 15.1 Å². The Balaban J connectivity index is 2.08. The highest BCUT2D eigenvalue weighted by Crippen LogP contribution is 2.55. The Hall–Kier alpha value is -1.62. The summed E-state index contributed by atoms with van der Waals surface area (Å²) in [5, 5.41) is 21.2. The van der Waals surface area contributed by atoms with E-state index in [9.17, 15) is 19.8 Å². The number of nitrogens with zero attached hydrogens (tertiary/aromatic N) is 1. The number of hydrogen-bond acceptors (Lipinski definition) is 4. The number of aliphatic hydroxyl groups excluding tert-OH is 2. The lowest BCUT2D eigenvalue weighted by Crippen LogP contribution is -2.45. The number of allylic oxidation sites excluding steroid dienone is 3. The number of amides is 1. The number of ketones is 1. The van der Waals surface area contributed by atoms with Crippen LogP contribution in [0.15, 0.2) is 23.5 Å². The monoisotopic (exact) mass is 361 g/mol. The topological polar surface area (TPSA) is 77.8 Å². The van der Waals surface area contributed by atoms with Crippen molar-refractivity contribution in [2.45, 2.75) is 59.1 Å². The number of Topliss-reactive ketones (excluding diaryl/α,β-unsaturated/α-hetero) is 1. The second kappa shape index (κ2) is 6.52. The lowest BCUT2D eigenvalue weighted by Gasteiger charge is -2.50. The fourth-order valence-electron chi connectivity index (χ4n) is 5.38. The standard InChI is InChI=1S/C21H31NO4/c1-11-6-9-15-14(10-11)8-7-12(2)21(15,4)19(25)16-18(24)17(13(3)23)22(5)20(16)26/h7-8,11-15,17,23,25H,6,9-10H2,1-5H3/b19-16+. The van der Waals surface area contributed by atoms with Gasteiger partial charge in [0.15, 0.2) is 5.78 Å². The molecule has 7 unspecified atom stereocenters. The molecule has 3 rings (SSSR count). The molecule has 26 heavy (non-hydrogen) atoms. The number of carbonyl (C=O) groups is 2. The minimum atomic E-state index is -0.971. The van der Waals surface area contributed by atoms with Crippen molar-refractivity contribution < 1.29 is 19.8 Å². The molecule has 0 radical (unpaired) electrons. The zero-order valence-electron chi connectivity index (χ0n) is 16.4.